The van der Waals surface area contributed by atoms with Crippen LogP contribution in [0.2, 0.25) is 0 Å². The SMILES string of the molecule is CC(C)C(NC(=O)C12CC3CC(CC(C3)C1)C2)C(=O)NC(CF)C(=O)O. The Hall–Kier alpha value is -1.66. The normalized spacial score (nSPS) is 34.4. The van der Waals surface area contributed by atoms with Crippen molar-refractivity contribution in [2.24, 2.45) is 29.1 Å². The van der Waals surface area contributed by atoms with Crippen LogP contribution in [0.5, 0.6) is 0 Å². The molecule has 4 aliphatic rings. The summed E-state index contributed by atoms with van der Waals surface area (Å²) in [7, 11) is 0. The van der Waals surface area contributed by atoms with Gasteiger partial charge >= 0.3 is 5.97 Å². The van der Waals surface area contributed by atoms with Crippen LogP contribution < -0.4 is 10.6 Å². The van der Waals surface area contributed by atoms with Crippen LogP contribution in [0, 0.1) is 29.1 Å². The molecule has 0 heterocycles. The molecule has 2 atom stereocenters. The Bertz CT molecular complexity index is 557. The number of alkyl halides is 1. The number of aliphatic carboxylic acids is 1. The van der Waals surface area contributed by atoms with E-state index in [1.54, 1.807) is 13.8 Å². The average Bonchev–Trinajstić information content (AvgIpc) is 2.55. The molecule has 2 amide bonds. The molecule has 0 aromatic heterocycles. The van der Waals surface area contributed by atoms with E-state index in [9.17, 15) is 18.8 Å². The Morgan fingerprint density at radius 1 is 1.04 bits per heavy atom. The van der Waals surface area contributed by atoms with Crippen LogP contribution in [0.4, 0.5) is 4.39 Å². The fourth-order valence-corrected chi connectivity index (χ4v) is 5.65. The van der Waals surface area contributed by atoms with Gasteiger partial charge in [-0.15, -0.1) is 0 Å². The van der Waals surface area contributed by atoms with Crippen molar-refractivity contribution in [2.75, 3.05) is 6.67 Å². The van der Waals surface area contributed by atoms with E-state index in [1.807, 2.05) is 0 Å². The van der Waals surface area contributed by atoms with Gasteiger partial charge in [0.05, 0.1) is 0 Å². The molecular weight excluding hydrogens is 339 g/mol. The second kappa shape index (κ2) is 7.16. The summed E-state index contributed by atoms with van der Waals surface area (Å²) in [6.07, 6.45) is 6.32. The monoisotopic (exact) mass is 368 g/mol. The molecule has 0 spiro atoms. The maximum Gasteiger partial charge on any atom is 0.328 e. The Kier molecular flexibility index (Phi) is 5.26. The van der Waals surface area contributed by atoms with Gasteiger partial charge in [0, 0.05) is 5.41 Å². The Labute approximate surface area is 153 Å². The molecule has 4 rings (SSSR count). The summed E-state index contributed by atoms with van der Waals surface area (Å²) in [6, 6.07) is -2.44. The highest BCUT2D eigenvalue weighted by molar-refractivity contribution is 5.92. The van der Waals surface area contributed by atoms with Crippen LogP contribution in [0.1, 0.15) is 52.4 Å². The predicted octanol–water partition coefficient (Wildman–Crippen LogP) is 1.88. The lowest BCUT2D eigenvalue weighted by atomic mass is 9.49. The Balaban J connectivity index is 1.69. The lowest BCUT2D eigenvalue weighted by molar-refractivity contribution is -0.149. The fraction of sp³-hybridized carbons (Fsp3) is 0.842. The summed E-state index contributed by atoms with van der Waals surface area (Å²) in [6.45, 7) is 2.39. The molecule has 0 aliphatic heterocycles. The van der Waals surface area contributed by atoms with Gasteiger partial charge in [-0.3, -0.25) is 9.59 Å². The molecular formula is C19H29FN2O4. The number of halogens is 1. The van der Waals surface area contributed by atoms with E-state index in [2.05, 4.69) is 10.6 Å². The summed E-state index contributed by atoms with van der Waals surface area (Å²) in [5.74, 6) is -0.526. The largest absolute Gasteiger partial charge is 0.480 e. The zero-order valence-electron chi connectivity index (χ0n) is 15.5. The number of carboxylic acid groups (broad SMARTS) is 1. The third-order valence-corrected chi connectivity index (χ3v) is 6.52. The van der Waals surface area contributed by atoms with Crippen molar-refractivity contribution in [1.82, 2.24) is 10.6 Å². The van der Waals surface area contributed by atoms with Crippen LogP contribution in [-0.2, 0) is 14.4 Å². The van der Waals surface area contributed by atoms with Crippen molar-refractivity contribution < 1.29 is 23.9 Å². The van der Waals surface area contributed by atoms with Crippen molar-refractivity contribution in [3.8, 4) is 0 Å². The minimum Gasteiger partial charge on any atom is -0.480 e. The fourth-order valence-electron chi connectivity index (χ4n) is 5.65. The molecule has 26 heavy (non-hydrogen) atoms. The highest BCUT2D eigenvalue weighted by Gasteiger charge is 2.55. The van der Waals surface area contributed by atoms with Gasteiger partial charge in [-0.05, 0) is 62.2 Å². The first-order valence-electron chi connectivity index (χ1n) is 9.64. The van der Waals surface area contributed by atoms with E-state index in [0.29, 0.717) is 17.8 Å². The zero-order valence-corrected chi connectivity index (χ0v) is 15.5. The molecule has 4 fully saturated rings. The molecule has 7 heteroatoms. The second-order valence-electron chi connectivity index (χ2n) is 8.95. The third kappa shape index (κ3) is 3.58. The van der Waals surface area contributed by atoms with Crippen LogP contribution >= 0.6 is 0 Å². The van der Waals surface area contributed by atoms with Crippen molar-refractivity contribution in [1.29, 1.82) is 0 Å². The summed E-state index contributed by atoms with van der Waals surface area (Å²) in [4.78, 5) is 36.6. The van der Waals surface area contributed by atoms with Gasteiger partial charge in [-0.25, -0.2) is 9.18 Å². The second-order valence-corrected chi connectivity index (χ2v) is 8.95. The van der Waals surface area contributed by atoms with Crippen molar-refractivity contribution in [2.45, 2.75) is 64.5 Å². The summed E-state index contributed by atoms with van der Waals surface area (Å²) in [5, 5.41) is 14.0. The quantitative estimate of drug-likeness (QED) is 0.639. The van der Waals surface area contributed by atoms with E-state index in [1.165, 1.54) is 19.3 Å². The molecule has 146 valence electrons. The van der Waals surface area contributed by atoms with E-state index in [-0.39, 0.29) is 17.2 Å². The van der Waals surface area contributed by atoms with Crippen molar-refractivity contribution in [3.05, 3.63) is 0 Å². The van der Waals surface area contributed by atoms with Crippen molar-refractivity contribution >= 4 is 17.8 Å². The van der Waals surface area contributed by atoms with Gasteiger partial charge in [0.1, 0.15) is 12.7 Å². The van der Waals surface area contributed by atoms with Crippen LogP contribution in [0.15, 0.2) is 0 Å². The number of carboxylic acids is 1. The number of rotatable bonds is 7. The first-order valence-corrected chi connectivity index (χ1v) is 9.64. The van der Waals surface area contributed by atoms with Gasteiger partial charge in [0.15, 0.2) is 6.04 Å². The number of carbonyl (C=O) groups is 3. The first-order chi connectivity index (χ1) is 12.2. The molecule has 4 saturated carbocycles. The van der Waals surface area contributed by atoms with Gasteiger partial charge in [-0.1, -0.05) is 13.8 Å². The minimum absolute atomic E-state index is 0.0856. The highest BCUT2D eigenvalue weighted by Crippen LogP contribution is 2.60. The van der Waals surface area contributed by atoms with E-state index in [4.69, 9.17) is 5.11 Å². The molecule has 4 aliphatic carbocycles. The molecule has 0 saturated heterocycles. The lowest BCUT2D eigenvalue weighted by Crippen LogP contribution is -2.59. The Morgan fingerprint density at radius 3 is 1.92 bits per heavy atom. The summed E-state index contributed by atoms with van der Waals surface area (Å²) in [5.41, 5.74) is -0.380. The molecule has 0 aromatic carbocycles. The topological polar surface area (TPSA) is 95.5 Å². The van der Waals surface area contributed by atoms with Gasteiger partial charge in [0.2, 0.25) is 11.8 Å². The van der Waals surface area contributed by atoms with Crippen LogP contribution in [0.25, 0.3) is 0 Å². The van der Waals surface area contributed by atoms with Gasteiger partial charge in [0.25, 0.3) is 0 Å². The maximum atomic E-state index is 13.1. The first kappa shape index (κ1) is 19.1. The average molecular weight is 368 g/mol. The Morgan fingerprint density at radius 2 is 1.54 bits per heavy atom. The van der Waals surface area contributed by atoms with Crippen LogP contribution in [-0.4, -0.2) is 41.6 Å². The molecule has 0 radical (unpaired) electrons. The summed E-state index contributed by atoms with van der Waals surface area (Å²) < 4.78 is 12.8. The van der Waals surface area contributed by atoms with Gasteiger partial charge < -0.3 is 15.7 Å². The van der Waals surface area contributed by atoms with Crippen molar-refractivity contribution in [3.63, 3.8) is 0 Å². The molecule has 0 aromatic rings. The maximum absolute atomic E-state index is 13.1. The standard InChI is InChI=1S/C19H29FN2O4/c1-10(2)15(16(23)21-14(9-20)17(24)25)22-18(26)19-6-11-3-12(7-19)5-13(4-11)8-19/h10-15H,3-9H2,1-2H3,(H,21,23)(H,22,26)(H,24,25). The lowest BCUT2D eigenvalue weighted by Gasteiger charge is -2.55. The number of nitrogens with one attached hydrogen (secondary N) is 2. The van der Waals surface area contributed by atoms with E-state index in [0.717, 1.165) is 19.3 Å². The molecule has 6 nitrogen and oxygen atoms in total. The van der Waals surface area contributed by atoms with Crippen LogP contribution in [0.3, 0.4) is 0 Å². The molecule has 3 N–H and O–H groups in total. The number of amides is 2. The smallest absolute Gasteiger partial charge is 0.328 e. The highest BCUT2D eigenvalue weighted by atomic mass is 19.1. The predicted molar refractivity (Wildman–Crippen MR) is 92.9 cm³/mol. The van der Waals surface area contributed by atoms with Gasteiger partial charge in [-0.2, -0.15) is 0 Å². The number of hydrogen-bond donors (Lipinski definition) is 3. The number of carbonyl (C=O) groups excluding carboxylic acids is 2. The van der Waals surface area contributed by atoms with E-state index >= 15 is 0 Å². The minimum atomic E-state index is -1.58. The zero-order chi connectivity index (χ0) is 19.1. The number of hydrogen-bond acceptors (Lipinski definition) is 3. The third-order valence-electron chi connectivity index (χ3n) is 6.52. The van der Waals surface area contributed by atoms with E-state index < -0.39 is 30.6 Å². The molecule has 2 unspecified atom stereocenters. The summed E-state index contributed by atoms with van der Waals surface area (Å²) >= 11 is 0. The molecule has 4 bridgehead atoms.